The van der Waals surface area contributed by atoms with Crippen LogP contribution in [0.1, 0.15) is 28.9 Å². The Morgan fingerprint density at radius 3 is 2.81 bits per heavy atom. The maximum Gasteiger partial charge on any atom is 0.262 e. The SMILES string of the molecule is O=C(NCC1(CCCl)CC1)c1sccc1Cl. The van der Waals surface area contributed by atoms with Gasteiger partial charge >= 0.3 is 0 Å². The standard InChI is InChI=1S/C11H13Cl2NOS/c12-5-4-11(2-3-11)7-14-10(15)9-8(13)1-6-16-9/h1,6H,2-5,7H2,(H,14,15). The Kier molecular flexibility index (Phi) is 3.77. The first-order chi connectivity index (χ1) is 7.67. The van der Waals surface area contributed by atoms with E-state index in [0.717, 1.165) is 19.3 Å². The lowest BCUT2D eigenvalue weighted by atomic mass is 10.0. The molecular formula is C11H13Cl2NOS. The molecule has 88 valence electrons. The molecule has 1 aromatic heterocycles. The van der Waals surface area contributed by atoms with Crippen molar-refractivity contribution in [2.45, 2.75) is 19.3 Å². The van der Waals surface area contributed by atoms with E-state index in [9.17, 15) is 4.79 Å². The Balaban J connectivity index is 1.87. The van der Waals surface area contributed by atoms with Gasteiger partial charge in [-0.1, -0.05) is 11.6 Å². The highest BCUT2D eigenvalue weighted by atomic mass is 35.5. The van der Waals surface area contributed by atoms with E-state index in [0.29, 0.717) is 22.3 Å². The molecule has 1 N–H and O–H groups in total. The van der Waals surface area contributed by atoms with Crippen molar-refractivity contribution < 1.29 is 4.79 Å². The van der Waals surface area contributed by atoms with Gasteiger partial charge in [0.1, 0.15) is 4.88 Å². The number of hydrogen-bond acceptors (Lipinski definition) is 2. The molecule has 2 rings (SSSR count). The van der Waals surface area contributed by atoms with E-state index in [2.05, 4.69) is 5.32 Å². The minimum absolute atomic E-state index is 0.0687. The summed E-state index contributed by atoms with van der Waals surface area (Å²) in [6.07, 6.45) is 3.31. The molecule has 2 nitrogen and oxygen atoms in total. The smallest absolute Gasteiger partial charge is 0.262 e. The lowest BCUT2D eigenvalue weighted by Gasteiger charge is -2.13. The first kappa shape index (κ1) is 12.2. The third-order valence-corrected chi connectivity index (χ3v) is 4.56. The van der Waals surface area contributed by atoms with Crippen molar-refractivity contribution in [1.82, 2.24) is 5.32 Å². The molecule has 1 amide bonds. The number of thiophene rings is 1. The summed E-state index contributed by atoms with van der Waals surface area (Å²) in [5.41, 5.74) is 0.265. The van der Waals surface area contributed by atoms with Crippen molar-refractivity contribution in [2.24, 2.45) is 5.41 Å². The van der Waals surface area contributed by atoms with Crippen LogP contribution >= 0.6 is 34.5 Å². The van der Waals surface area contributed by atoms with Gasteiger partial charge in [0.2, 0.25) is 0 Å². The Morgan fingerprint density at radius 2 is 2.31 bits per heavy atom. The van der Waals surface area contributed by atoms with Gasteiger partial charge in [-0.25, -0.2) is 0 Å². The molecule has 1 saturated carbocycles. The minimum atomic E-state index is -0.0687. The number of carbonyl (C=O) groups is 1. The van der Waals surface area contributed by atoms with E-state index in [-0.39, 0.29) is 11.3 Å². The Bertz CT molecular complexity index is 387. The van der Waals surface area contributed by atoms with E-state index in [1.807, 2.05) is 5.38 Å². The molecule has 1 aromatic rings. The van der Waals surface area contributed by atoms with Gasteiger partial charge in [0.25, 0.3) is 5.91 Å². The van der Waals surface area contributed by atoms with Crippen LogP contribution in [-0.2, 0) is 0 Å². The third kappa shape index (κ3) is 2.70. The quantitative estimate of drug-likeness (QED) is 0.820. The second-order valence-electron chi connectivity index (χ2n) is 4.22. The summed E-state index contributed by atoms with van der Waals surface area (Å²) in [5.74, 6) is 0.594. The van der Waals surface area contributed by atoms with Crippen LogP contribution in [0.25, 0.3) is 0 Å². The zero-order valence-electron chi connectivity index (χ0n) is 8.76. The first-order valence-electron chi connectivity index (χ1n) is 5.24. The van der Waals surface area contributed by atoms with Crippen LogP contribution in [-0.4, -0.2) is 18.3 Å². The number of nitrogens with one attached hydrogen (secondary N) is 1. The number of halogens is 2. The van der Waals surface area contributed by atoms with Crippen molar-refractivity contribution in [2.75, 3.05) is 12.4 Å². The molecule has 1 aliphatic rings. The summed E-state index contributed by atoms with van der Waals surface area (Å²) < 4.78 is 0. The van der Waals surface area contributed by atoms with Crippen molar-refractivity contribution in [3.05, 3.63) is 21.3 Å². The molecule has 0 aliphatic heterocycles. The molecule has 1 aliphatic carbocycles. The highest BCUT2D eigenvalue weighted by molar-refractivity contribution is 7.12. The van der Waals surface area contributed by atoms with Crippen molar-refractivity contribution >= 4 is 40.4 Å². The van der Waals surface area contributed by atoms with Gasteiger partial charge in [0, 0.05) is 12.4 Å². The van der Waals surface area contributed by atoms with E-state index in [4.69, 9.17) is 23.2 Å². The van der Waals surface area contributed by atoms with Gasteiger partial charge in [0.15, 0.2) is 0 Å². The lowest BCUT2D eigenvalue weighted by Crippen LogP contribution is -2.30. The van der Waals surface area contributed by atoms with Gasteiger partial charge < -0.3 is 5.32 Å². The molecule has 0 bridgehead atoms. The number of hydrogen-bond donors (Lipinski definition) is 1. The van der Waals surface area contributed by atoms with E-state index in [1.54, 1.807) is 6.07 Å². The Morgan fingerprint density at radius 1 is 1.56 bits per heavy atom. The summed E-state index contributed by atoms with van der Waals surface area (Å²) in [5, 5.41) is 5.30. The van der Waals surface area contributed by atoms with Gasteiger partial charge in [-0.3, -0.25) is 4.79 Å². The van der Waals surface area contributed by atoms with Crippen LogP contribution in [0.3, 0.4) is 0 Å². The van der Waals surface area contributed by atoms with Crippen molar-refractivity contribution in [1.29, 1.82) is 0 Å². The van der Waals surface area contributed by atoms with Crippen LogP contribution in [0.5, 0.6) is 0 Å². The van der Waals surface area contributed by atoms with Gasteiger partial charge in [-0.15, -0.1) is 22.9 Å². The molecule has 0 saturated heterocycles. The monoisotopic (exact) mass is 277 g/mol. The van der Waals surface area contributed by atoms with Gasteiger partial charge in [-0.05, 0) is 36.1 Å². The summed E-state index contributed by atoms with van der Waals surface area (Å²) in [6, 6.07) is 1.74. The molecule has 5 heteroatoms. The number of amides is 1. The Hall–Kier alpha value is -0.250. The number of alkyl halides is 1. The third-order valence-electron chi connectivity index (χ3n) is 3.03. The van der Waals surface area contributed by atoms with Crippen LogP contribution in [0.2, 0.25) is 5.02 Å². The molecule has 0 unspecified atom stereocenters. The normalized spacial score (nSPS) is 17.1. The highest BCUT2D eigenvalue weighted by Gasteiger charge is 2.41. The summed E-state index contributed by atoms with van der Waals surface area (Å²) >= 11 is 13.0. The molecule has 1 heterocycles. The van der Waals surface area contributed by atoms with Crippen molar-refractivity contribution in [3.63, 3.8) is 0 Å². The first-order valence-corrected chi connectivity index (χ1v) is 7.03. The zero-order valence-corrected chi connectivity index (χ0v) is 11.1. The lowest BCUT2D eigenvalue weighted by molar-refractivity contribution is 0.0948. The average molecular weight is 278 g/mol. The van der Waals surface area contributed by atoms with Crippen molar-refractivity contribution in [3.8, 4) is 0 Å². The fourth-order valence-electron chi connectivity index (χ4n) is 1.70. The van der Waals surface area contributed by atoms with Crippen LogP contribution in [0.15, 0.2) is 11.4 Å². The number of rotatable bonds is 5. The second-order valence-corrected chi connectivity index (χ2v) is 5.92. The predicted molar refractivity (Wildman–Crippen MR) is 68.7 cm³/mol. The van der Waals surface area contributed by atoms with E-state index < -0.39 is 0 Å². The molecule has 16 heavy (non-hydrogen) atoms. The molecule has 1 fully saturated rings. The minimum Gasteiger partial charge on any atom is -0.351 e. The summed E-state index contributed by atoms with van der Waals surface area (Å²) in [6.45, 7) is 0.715. The van der Waals surface area contributed by atoms with Crippen LogP contribution in [0.4, 0.5) is 0 Å². The zero-order chi connectivity index (χ0) is 11.6. The molecule has 0 aromatic carbocycles. The second kappa shape index (κ2) is 4.94. The van der Waals surface area contributed by atoms with E-state index >= 15 is 0 Å². The topological polar surface area (TPSA) is 29.1 Å². The maximum absolute atomic E-state index is 11.8. The van der Waals surface area contributed by atoms with E-state index in [1.165, 1.54) is 11.3 Å². The number of carbonyl (C=O) groups excluding carboxylic acids is 1. The average Bonchev–Trinajstić information content (AvgIpc) is 2.89. The Labute approximate surface area is 109 Å². The van der Waals surface area contributed by atoms with Gasteiger partial charge in [0.05, 0.1) is 5.02 Å². The summed E-state index contributed by atoms with van der Waals surface area (Å²) in [4.78, 5) is 12.4. The largest absolute Gasteiger partial charge is 0.351 e. The maximum atomic E-state index is 11.8. The molecule has 0 radical (unpaired) electrons. The predicted octanol–water partition coefficient (Wildman–Crippen LogP) is 3.54. The molecule has 0 atom stereocenters. The van der Waals surface area contributed by atoms with Crippen LogP contribution in [0, 0.1) is 5.41 Å². The van der Waals surface area contributed by atoms with Gasteiger partial charge in [-0.2, -0.15) is 0 Å². The molecule has 0 spiro atoms. The molecular weight excluding hydrogens is 265 g/mol. The fraction of sp³-hybridized carbons (Fsp3) is 0.545. The highest BCUT2D eigenvalue weighted by Crippen LogP contribution is 2.48. The fourth-order valence-corrected chi connectivity index (χ4v) is 3.15. The van der Waals surface area contributed by atoms with Crippen LogP contribution < -0.4 is 5.32 Å². The summed E-state index contributed by atoms with van der Waals surface area (Å²) in [7, 11) is 0.